The van der Waals surface area contributed by atoms with Crippen LogP contribution in [0.15, 0.2) is 57.9 Å². The number of piperazine rings is 1. The summed E-state index contributed by atoms with van der Waals surface area (Å²) in [5.74, 6) is 0.934. The van der Waals surface area contributed by atoms with Crippen LogP contribution in [-0.2, 0) is 22.7 Å². The van der Waals surface area contributed by atoms with E-state index in [-0.39, 0.29) is 18.0 Å². The van der Waals surface area contributed by atoms with E-state index in [4.69, 9.17) is 4.52 Å². The zero-order valence-corrected chi connectivity index (χ0v) is 18.0. The van der Waals surface area contributed by atoms with Crippen LogP contribution < -0.4 is 0 Å². The fourth-order valence-corrected chi connectivity index (χ4v) is 4.96. The Morgan fingerprint density at radius 3 is 2.28 bits per heavy atom. The summed E-state index contributed by atoms with van der Waals surface area (Å²) in [6.07, 6.45) is -4.51. The number of hydrogen-bond donors (Lipinski definition) is 0. The second-order valence-corrected chi connectivity index (χ2v) is 9.47. The molecule has 32 heavy (non-hydrogen) atoms. The fraction of sp³-hybridized carbons (Fsp3) is 0.333. The summed E-state index contributed by atoms with van der Waals surface area (Å²) in [7, 11) is -3.87. The molecule has 7 nitrogen and oxygen atoms in total. The molecule has 11 heteroatoms. The van der Waals surface area contributed by atoms with Gasteiger partial charge >= 0.3 is 6.18 Å². The van der Waals surface area contributed by atoms with Crippen LogP contribution in [0.4, 0.5) is 13.2 Å². The van der Waals surface area contributed by atoms with Gasteiger partial charge in [0, 0.05) is 31.7 Å². The van der Waals surface area contributed by atoms with Crippen molar-refractivity contribution in [1.82, 2.24) is 19.3 Å². The Labute approximate surface area is 183 Å². The average Bonchev–Trinajstić information content (AvgIpc) is 3.22. The molecule has 0 atom stereocenters. The lowest BCUT2D eigenvalue weighted by atomic mass is 10.1. The number of aryl methyl sites for hydroxylation is 1. The van der Waals surface area contributed by atoms with Crippen molar-refractivity contribution in [2.75, 3.05) is 26.2 Å². The number of hydrogen-bond acceptors (Lipinski definition) is 6. The van der Waals surface area contributed by atoms with Gasteiger partial charge < -0.3 is 4.52 Å². The standard InChI is InChI=1S/C21H21F3N4O3S/c1-15-4-2-3-5-18(15)20-25-19(31-26-20)14-27-10-12-28(13-11-27)32(29,30)17-8-6-16(7-9-17)21(22,23)24/h2-9H,10-14H2,1H3. The topological polar surface area (TPSA) is 79.5 Å². The molecule has 1 aromatic heterocycles. The van der Waals surface area contributed by atoms with E-state index in [0.29, 0.717) is 31.3 Å². The first-order valence-electron chi connectivity index (χ1n) is 9.93. The van der Waals surface area contributed by atoms with E-state index < -0.39 is 21.8 Å². The Kier molecular flexibility index (Phi) is 6.06. The van der Waals surface area contributed by atoms with Gasteiger partial charge in [0.05, 0.1) is 17.0 Å². The van der Waals surface area contributed by atoms with E-state index in [1.54, 1.807) is 0 Å². The molecular weight excluding hydrogens is 445 g/mol. The van der Waals surface area contributed by atoms with Crippen LogP contribution in [-0.4, -0.2) is 53.9 Å². The van der Waals surface area contributed by atoms with Gasteiger partial charge in [-0.1, -0.05) is 29.4 Å². The highest BCUT2D eigenvalue weighted by atomic mass is 32.2. The fourth-order valence-electron chi connectivity index (χ4n) is 3.54. The summed E-state index contributed by atoms with van der Waals surface area (Å²) in [6, 6.07) is 11.3. The molecule has 2 aromatic carbocycles. The predicted octanol–water partition coefficient (Wildman–Crippen LogP) is 3.57. The molecule has 2 heterocycles. The molecule has 3 aromatic rings. The minimum Gasteiger partial charge on any atom is -0.338 e. The minimum atomic E-state index is -4.51. The summed E-state index contributed by atoms with van der Waals surface area (Å²) < 4.78 is 70.4. The van der Waals surface area contributed by atoms with E-state index in [0.717, 1.165) is 35.4 Å². The molecule has 0 aliphatic carbocycles. The van der Waals surface area contributed by atoms with Gasteiger partial charge in [-0.15, -0.1) is 0 Å². The number of rotatable bonds is 5. The van der Waals surface area contributed by atoms with E-state index in [1.807, 2.05) is 36.1 Å². The Hall–Kier alpha value is -2.76. The predicted molar refractivity (Wildman–Crippen MR) is 110 cm³/mol. The van der Waals surface area contributed by atoms with Crippen molar-refractivity contribution in [3.8, 4) is 11.4 Å². The van der Waals surface area contributed by atoms with Crippen LogP contribution in [0, 0.1) is 6.92 Å². The van der Waals surface area contributed by atoms with Crippen LogP contribution in [0.1, 0.15) is 17.0 Å². The van der Waals surface area contributed by atoms with E-state index >= 15 is 0 Å². The van der Waals surface area contributed by atoms with Gasteiger partial charge in [0.1, 0.15) is 0 Å². The van der Waals surface area contributed by atoms with E-state index in [1.165, 1.54) is 4.31 Å². The van der Waals surface area contributed by atoms with Crippen LogP contribution in [0.25, 0.3) is 11.4 Å². The third kappa shape index (κ3) is 4.69. The Balaban J connectivity index is 1.37. The molecule has 0 N–H and O–H groups in total. The first kappa shape index (κ1) is 22.4. The maximum atomic E-state index is 12.8. The third-order valence-corrected chi connectivity index (χ3v) is 7.28. The molecule has 1 fully saturated rings. The average molecular weight is 466 g/mol. The largest absolute Gasteiger partial charge is 0.416 e. The van der Waals surface area contributed by atoms with Crippen LogP contribution in [0.2, 0.25) is 0 Å². The van der Waals surface area contributed by atoms with Crippen LogP contribution in [0.5, 0.6) is 0 Å². The lowest BCUT2D eigenvalue weighted by Gasteiger charge is -2.33. The van der Waals surface area contributed by atoms with Gasteiger partial charge in [-0.05, 0) is 36.8 Å². The van der Waals surface area contributed by atoms with E-state index in [2.05, 4.69) is 10.1 Å². The number of sulfonamides is 1. The molecule has 1 aliphatic heterocycles. The second kappa shape index (κ2) is 8.64. The molecule has 0 amide bonds. The number of aromatic nitrogens is 2. The first-order chi connectivity index (χ1) is 15.1. The lowest BCUT2D eigenvalue weighted by molar-refractivity contribution is -0.137. The van der Waals surface area contributed by atoms with Gasteiger partial charge in [0.2, 0.25) is 21.7 Å². The lowest BCUT2D eigenvalue weighted by Crippen LogP contribution is -2.48. The molecule has 0 bridgehead atoms. The highest BCUT2D eigenvalue weighted by Crippen LogP contribution is 2.30. The number of alkyl halides is 3. The Morgan fingerprint density at radius 2 is 1.66 bits per heavy atom. The molecule has 0 spiro atoms. The quantitative estimate of drug-likeness (QED) is 0.572. The maximum Gasteiger partial charge on any atom is 0.416 e. The van der Waals surface area contributed by atoms with Gasteiger partial charge in [-0.25, -0.2) is 8.42 Å². The molecular formula is C21H21F3N4O3S. The highest BCUT2D eigenvalue weighted by Gasteiger charge is 2.32. The van der Waals surface area contributed by atoms with Gasteiger partial charge in [-0.3, -0.25) is 4.90 Å². The summed E-state index contributed by atoms with van der Waals surface area (Å²) >= 11 is 0. The first-order valence-corrected chi connectivity index (χ1v) is 11.4. The molecule has 0 radical (unpaired) electrons. The van der Waals surface area contributed by atoms with Crippen molar-refractivity contribution < 1.29 is 26.1 Å². The monoisotopic (exact) mass is 466 g/mol. The number of nitrogens with zero attached hydrogens (tertiary/aromatic N) is 4. The molecule has 1 saturated heterocycles. The van der Waals surface area contributed by atoms with E-state index in [9.17, 15) is 21.6 Å². The SMILES string of the molecule is Cc1ccccc1-c1noc(CN2CCN(S(=O)(=O)c3ccc(C(F)(F)F)cc3)CC2)n1. The van der Waals surface area contributed by atoms with Gasteiger partial charge in [-0.2, -0.15) is 22.5 Å². The summed E-state index contributed by atoms with van der Waals surface area (Å²) in [4.78, 5) is 6.28. The smallest absolute Gasteiger partial charge is 0.338 e. The molecule has 0 saturated carbocycles. The molecule has 1 aliphatic rings. The van der Waals surface area contributed by atoms with Gasteiger partial charge in [0.25, 0.3) is 0 Å². The number of halogens is 3. The van der Waals surface area contributed by atoms with Crippen molar-refractivity contribution in [3.63, 3.8) is 0 Å². The highest BCUT2D eigenvalue weighted by molar-refractivity contribution is 7.89. The minimum absolute atomic E-state index is 0.154. The van der Waals surface area contributed by atoms with Crippen LogP contribution >= 0.6 is 0 Å². The third-order valence-electron chi connectivity index (χ3n) is 5.36. The summed E-state index contributed by atoms with van der Waals surface area (Å²) in [6.45, 7) is 3.63. The van der Waals surface area contributed by atoms with Gasteiger partial charge in [0.15, 0.2) is 0 Å². The van der Waals surface area contributed by atoms with Crippen molar-refractivity contribution in [2.45, 2.75) is 24.5 Å². The zero-order valence-electron chi connectivity index (χ0n) is 17.2. The van der Waals surface area contributed by atoms with Crippen LogP contribution in [0.3, 0.4) is 0 Å². The molecule has 170 valence electrons. The molecule has 4 rings (SSSR count). The zero-order chi connectivity index (χ0) is 22.9. The van der Waals surface area contributed by atoms with Crippen molar-refractivity contribution in [3.05, 3.63) is 65.5 Å². The van der Waals surface area contributed by atoms with Crippen molar-refractivity contribution in [2.24, 2.45) is 0 Å². The van der Waals surface area contributed by atoms with Crippen molar-refractivity contribution >= 4 is 10.0 Å². The molecule has 0 unspecified atom stereocenters. The normalized spacial score (nSPS) is 16.4. The summed E-state index contributed by atoms with van der Waals surface area (Å²) in [5.41, 5.74) is 1.03. The second-order valence-electron chi connectivity index (χ2n) is 7.53. The summed E-state index contributed by atoms with van der Waals surface area (Å²) in [5, 5.41) is 4.03. The van der Waals surface area contributed by atoms with Crippen molar-refractivity contribution in [1.29, 1.82) is 0 Å². The Morgan fingerprint density at radius 1 is 1.00 bits per heavy atom. The Bertz CT molecular complexity index is 1190. The maximum absolute atomic E-state index is 12.8. The number of benzene rings is 2.